The Kier molecular flexibility index (Phi) is 3.52. The van der Waals surface area contributed by atoms with E-state index in [0.29, 0.717) is 12.4 Å². The van der Waals surface area contributed by atoms with Gasteiger partial charge in [0.15, 0.2) is 5.82 Å². The van der Waals surface area contributed by atoms with Gasteiger partial charge in [0.1, 0.15) is 22.9 Å². The molecule has 5 heteroatoms. The van der Waals surface area contributed by atoms with Crippen LogP contribution in [0.5, 0.6) is 0 Å². The van der Waals surface area contributed by atoms with Crippen molar-refractivity contribution in [3.63, 3.8) is 0 Å². The Morgan fingerprint density at radius 2 is 1.93 bits per heavy atom. The van der Waals surface area contributed by atoms with Crippen molar-refractivity contribution in [1.82, 2.24) is 0 Å². The van der Waals surface area contributed by atoms with E-state index in [9.17, 15) is 18.0 Å². The molecule has 0 unspecified atom stereocenters. The molecule has 76 valence electrons. The fourth-order valence-corrected chi connectivity index (χ4v) is 1.20. The monoisotopic (exact) mass is 222 g/mol. The molecule has 0 bridgehead atoms. The van der Waals surface area contributed by atoms with E-state index in [-0.39, 0.29) is 18.4 Å². The highest BCUT2D eigenvalue weighted by atomic mass is 35.5. The molecule has 0 heterocycles. The first kappa shape index (κ1) is 11.0. The number of rotatable bonds is 3. The molecule has 14 heavy (non-hydrogen) atoms. The summed E-state index contributed by atoms with van der Waals surface area (Å²) in [5.41, 5.74) is -0.358. The van der Waals surface area contributed by atoms with Gasteiger partial charge in [-0.05, 0) is 6.42 Å². The molecule has 0 atom stereocenters. The summed E-state index contributed by atoms with van der Waals surface area (Å²) in [6, 6.07) is 0.506. The van der Waals surface area contributed by atoms with Crippen molar-refractivity contribution in [2.45, 2.75) is 12.8 Å². The average molecular weight is 223 g/mol. The van der Waals surface area contributed by atoms with Gasteiger partial charge in [0.2, 0.25) is 0 Å². The molecule has 1 rings (SSSR count). The maximum Gasteiger partial charge on any atom is 0.150 e. The molecule has 0 aliphatic heterocycles. The second-order valence-corrected chi connectivity index (χ2v) is 3.03. The summed E-state index contributed by atoms with van der Waals surface area (Å²) in [5, 5.41) is -0.743. The number of hydrogen-bond donors (Lipinski definition) is 0. The molecule has 1 aromatic carbocycles. The molecule has 1 aromatic rings. The van der Waals surface area contributed by atoms with Crippen LogP contribution in [0, 0.1) is 17.5 Å². The van der Waals surface area contributed by atoms with Gasteiger partial charge in [-0.25, -0.2) is 13.2 Å². The van der Waals surface area contributed by atoms with E-state index < -0.39 is 22.5 Å². The van der Waals surface area contributed by atoms with Crippen LogP contribution in [0.2, 0.25) is 5.02 Å². The van der Waals surface area contributed by atoms with Crippen LogP contribution in [0.15, 0.2) is 6.07 Å². The van der Waals surface area contributed by atoms with E-state index in [2.05, 4.69) is 0 Å². The Labute approximate surface area is 83.5 Å². The number of carbonyl (C=O) groups excluding carboxylic acids is 1. The predicted molar refractivity (Wildman–Crippen MR) is 45.7 cm³/mol. The van der Waals surface area contributed by atoms with E-state index >= 15 is 0 Å². The lowest BCUT2D eigenvalue weighted by molar-refractivity contribution is -0.107. The van der Waals surface area contributed by atoms with E-state index in [1.165, 1.54) is 0 Å². The van der Waals surface area contributed by atoms with Gasteiger partial charge in [-0.3, -0.25) is 0 Å². The number of carbonyl (C=O) groups is 1. The van der Waals surface area contributed by atoms with Gasteiger partial charge in [0.25, 0.3) is 0 Å². The highest BCUT2D eigenvalue weighted by Crippen LogP contribution is 2.25. The van der Waals surface area contributed by atoms with Crippen molar-refractivity contribution >= 4 is 17.9 Å². The third-order valence-corrected chi connectivity index (χ3v) is 2.07. The molecule has 0 aliphatic rings. The van der Waals surface area contributed by atoms with Crippen LogP contribution < -0.4 is 0 Å². The molecular weight excluding hydrogens is 217 g/mol. The third-order valence-electron chi connectivity index (χ3n) is 1.72. The van der Waals surface area contributed by atoms with E-state index in [1.807, 2.05) is 0 Å². The first-order chi connectivity index (χ1) is 6.57. The minimum Gasteiger partial charge on any atom is -0.303 e. The average Bonchev–Trinajstić information content (AvgIpc) is 2.14. The molecule has 0 saturated carbocycles. The lowest BCUT2D eigenvalue weighted by atomic mass is 10.1. The van der Waals surface area contributed by atoms with Crippen molar-refractivity contribution in [1.29, 1.82) is 0 Å². The molecule has 1 nitrogen and oxygen atoms in total. The van der Waals surface area contributed by atoms with Crippen molar-refractivity contribution in [3.8, 4) is 0 Å². The van der Waals surface area contributed by atoms with Gasteiger partial charge in [0, 0.05) is 18.1 Å². The minimum atomic E-state index is -1.14. The predicted octanol–water partition coefficient (Wildman–Crippen LogP) is 2.89. The van der Waals surface area contributed by atoms with Crippen LogP contribution in [-0.4, -0.2) is 6.29 Å². The minimum absolute atomic E-state index is 0.0319. The molecule has 0 N–H and O–H groups in total. The third kappa shape index (κ3) is 2.07. The molecule has 0 saturated heterocycles. The second kappa shape index (κ2) is 4.46. The van der Waals surface area contributed by atoms with Gasteiger partial charge in [-0.2, -0.15) is 0 Å². The smallest absolute Gasteiger partial charge is 0.150 e. The number of benzene rings is 1. The summed E-state index contributed by atoms with van der Waals surface area (Å²) in [6.07, 6.45) is 0.368. The normalized spacial score (nSPS) is 10.3. The van der Waals surface area contributed by atoms with E-state index in [4.69, 9.17) is 11.6 Å². The van der Waals surface area contributed by atoms with E-state index in [1.54, 1.807) is 0 Å². The van der Waals surface area contributed by atoms with Crippen LogP contribution in [0.4, 0.5) is 13.2 Å². The summed E-state index contributed by atoms with van der Waals surface area (Å²) < 4.78 is 38.7. The van der Waals surface area contributed by atoms with Crippen molar-refractivity contribution in [3.05, 3.63) is 34.1 Å². The van der Waals surface area contributed by atoms with Crippen molar-refractivity contribution in [2.75, 3.05) is 0 Å². The summed E-state index contributed by atoms with van der Waals surface area (Å²) in [7, 11) is 0. The van der Waals surface area contributed by atoms with Gasteiger partial charge in [-0.15, -0.1) is 0 Å². The molecule has 0 aliphatic carbocycles. The van der Waals surface area contributed by atoms with Gasteiger partial charge in [-0.1, -0.05) is 11.6 Å². The summed E-state index contributed by atoms with van der Waals surface area (Å²) in [6.45, 7) is 0. The van der Waals surface area contributed by atoms with Crippen LogP contribution in [0.25, 0.3) is 0 Å². The highest BCUT2D eigenvalue weighted by molar-refractivity contribution is 6.30. The quantitative estimate of drug-likeness (QED) is 0.437. The Balaban J connectivity index is 3.15. The van der Waals surface area contributed by atoms with Crippen LogP contribution in [0.1, 0.15) is 12.0 Å². The molecule has 0 radical (unpaired) electrons. The van der Waals surface area contributed by atoms with Crippen LogP contribution >= 0.6 is 11.6 Å². The van der Waals surface area contributed by atoms with Gasteiger partial charge >= 0.3 is 0 Å². The summed E-state index contributed by atoms with van der Waals surface area (Å²) in [4.78, 5) is 10.0. The first-order valence-corrected chi connectivity index (χ1v) is 4.21. The Morgan fingerprint density at radius 1 is 1.29 bits per heavy atom. The van der Waals surface area contributed by atoms with Crippen molar-refractivity contribution < 1.29 is 18.0 Å². The second-order valence-electron chi connectivity index (χ2n) is 2.65. The van der Waals surface area contributed by atoms with E-state index in [0.717, 1.165) is 0 Å². The zero-order valence-corrected chi connectivity index (χ0v) is 7.74. The zero-order valence-electron chi connectivity index (χ0n) is 6.99. The SMILES string of the molecule is O=CCCc1c(F)cc(F)c(Cl)c1F. The number of aldehydes is 1. The molecule has 0 aromatic heterocycles. The Morgan fingerprint density at radius 3 is 2.50 bits per heavy atom. The molecule has 0 amide bonds. The summed E-state index contributed by atoms with van der Waals surface area (Å²) in [5.74, 6) is -3.30. The van der Waals surface area contributed by atoms with Crippen molar-refractivity contribution in [2.24, 2.45) is 0 Å². The van der Waals surface area contributed by atoms with Gasteiger partial charge < -0.3 is 4.79 Å². The Bertz CT molecular complexity index is 366. The molecule has 0 fully saturated rings. The fraction of sp³-hybridized carbons (Fsp3) is 0.222. The summed E-state index contributed by atoms with van der Waals surface area (Å²) >= 11 is 5.23. The largest absolute Gasteiger partial charge is 0.303 e. The van der Waals surface area contributed by atoms with Gasteiger partial charge in [0.05, 0.1) is 0 Å². The maximum absolute atomic E-state index is 13.1. The first-order valence-electron chi connectivity index (χ1n) is 3.83. The van der Waals surface area contributed by atoms with Crippen LogP contribution in [0.3, 0.4) is 0 Å². The molecular formula is C9H6ClF3O. The molecule has 0 spiro atoms. The van der Waals surface area contributed by atoms with Crippen LogP contribution in [-0.2, 0) is 11.2 Å². The standard InChI is InChI=1S/C9H6ClF3O/c10-8-7(12)4-6(11)5(9(8)13)2-1-3-14/h3-4H,1-2H2. The zero-order chi connectivity index (χ0) is 10.7. The number of hydrogen-bond acceptors (Lipinski definition) is 1. The lowest BCUT2D eigenvalue weighted by Gasteiger charge is -2.05. The highest BCUT2D eigenvalue weighted by Gasteiger charge is 2.16. The lowest BCUT2D eigenvalue weighted by Crippen LogP contribution is -1.99. The topological polar surface area (TPSA) is 17.1 Å². The fourth-order valence-electron chi connectivity index (χ4n) is 1.04. The Hall–Kier alpha value is -1.03. The number of halogens is 4. The maximum atomic E-state index is 13.1.